The van der Waals surface area contributed by atoms with Crippen molar-refractivity contribution in [1.29, 1.82) is 0 Å². The van der Waals surface area contributed by atoms with Gasteiger partial charge in [-0.3, -0.25) is 0 Å². The van der Waals surface area contributed by atoms with E-state index in [0.717, 1.165) is 10.0 Å². The highest BCUT2D eigenvalue weighted by Gasteiger charge is 2.42. The quantitative estimate of drug-likeness (QED) is 0.684. The average Bonchev–Trinajstić information content (AvgIpc) is 2.82. The summed E-state index contributed by atoms with van der Waals surface area (Å²) in [5.74, 6) is 0. The van der Waals surface area contributed by atoms with Crippen LogP contribution in [0, 0.1) is 0 Å². The number of benzene rings is 1. The topological polar surface area (TPSA) is 0 Å². The van der Waals surface area contributed by atoms with Gasteiger partial charge >= 0.3 is 0 Å². The molecule has 1 saturated carbocycles. The molecule has 0 aromatic heterocycles. The van der Waals surface area contributed by atoms with Gasteiger partial charge in [-0.2, -0.15) is 0 Å². The second-order valence-corrected chi connectivity index (χ2v) is 4.66. The van der Waals surface area contributed by atoms with Gasteiger partial charge in [-0.15, -0.1) is 0 Å². The van der Waals surface area contributed by atoms with Crippen LogP contribution < -0.4 is 0 Å². The number of hydrogen-bond acceptors (Lipinski definition) is 0. The van der Waals surface area contributed by atoms with Gasteiger partial charge in [0.25, 0.3) is 0 Å². The summed E-state index contributed by atoms with van der Waals surface area (Å²) in [4.78, 5) is 0. The van der Waals surface area contributed by atoms with Crippen molar-refractivity contribution in [3.05, 3.63) is 33.8 Å². The smallest absolute Gasteiger partial charge is 0.0423 e. The SMILES string of the molecule is CCC1(c2cc(Cl)cc(Cl)c2)CC1. The average molecular weight is 215 g/mol. The first-order valence-electron chi connectivity index (χ1n) is 4.63. The summed E-state index contributed by atoms with van der Waals surface area (Å²) in [6, 6.07) is 5.88. The van der Waals surface area contributed by atoms with Crippen molar-refractivity contribution in [2.24, 2.45) is 0 Å². The fourth-order valence-corrected chi connectivity index (χ4v) is 2.38. The molecule has 1 aliphatic carbocycles. The van der Waals surface area contributed by atoms with Gasteiger partial charge in [0.2, 0.25) is 0 Å². The lowest BCUT2D eigenvalue weighted by Gasteiger charge is -2.13. The first kappa shape index (κ1) is 9.36. The van der Waals surface area contributed by atoms with E-state index in [-0.39, 0.29) is 0 Å². The van der Waals surface area contributed by atoms with E-state index >= 15 is 0 Å². The Balaban J connectivity index is 2.40. The highest BCUT2D eigenvalue weighted by atomic mass is 35.5. The third-order valence-corrected chi connectivity index (χ3v) is 3.44. The van der Waals surface area contributed by atoms with Crippen molar-refractivity contribution >= 4 is 23.2 Å². The minimum Gasteiger partial charge on any atom is -0.0843 e. The molecule has 0 unspecified atom stereocenters. The van der Waals surface area contributed by atoms with Gasteiger partial charge in [-0.05, 0) is 48.4 Å². The summed E-state index contributed by atoms with van der Waals surface area (Å²) in [7, 11) is 0. The van der Waals surface area contributed by atoms with Crippen LogP contribution in [0.5, 0.6) is 0 Å². The van der Waals surface area contributed by atoms with E-state index in [1.807, 2.05) is 12.1 Å². The van der Waals surface area contributed by atoms with E-state index in [2.05, 4.69) is 6.92 Å². The predicted octanol–water partition coefficient (Wildman–Crippen LogP) is 4.44. The van der Waals surface area contributed by atoms with E-state index in [4.69, 9.17) is 23.2 Å². The predicted molar refractivity (Wildman–Crippen MR) is 57.7 cm³/mol. The number of hydrogen-bond donors (Lipinski definition) is 0. The molecular weight excluding hydrogens is 203 g/mol. The molecule has 13 heavy (non-hydrogen) atoms. The maximum Gasteiger partial charge on any atom is 0.0423 e. The van der Waals surface area contributed by atoms with Crippen molar-refractivity contribution in [3.63, 3.8) is 0 Å². The van der Waals surface area contributed by atoms with E-state index in [1.54, 1.807) is 6.07 Å². The molecule has 0 radical (unpaired) electrons. The van der Waals surface area contributed by atoms with E-state index in [0.29, 0.717) is 5.41 Å². The molecule has 0 saturated heterocycles. The normalized spacial score (nSPS) is 18.7. The minimum atomic E-state index is 0.397. The Hall–Kier alpha value is -0.200. The van der Waals surface area contributed by atoms with Crippen LogP contribution in [0.25, 0.3) is 0 Å². The largest absolute Gasteiger partial charge is 0.0843 e. The Morgan fingerprint density at radius 1 is 1.15 bits per heavy atom. The number of rotatable bonds is 2. The molecule has 1 aliphatic rings. The summed E-state index contributed by atoms with van der Waals surface area (Å²) in [6.07, 6.45) is 3.74. The molecule has 0 nitrogen and oxygen atoms in total. The lowest BCUT2D eigenvalue weighted by atomic mass is 9.93. The van der Waals surface area contributed by atoms with Gasteiger partial charge in [0.1, 0.15) is 0 Å². The standard InChI is InChI=1S/C11H12Cl2/c1-2-11(3-4-11)8-5-9(12)7-10(13)6-8/h5-7H,2-4H2,1H3. The molecular formula is C11H12Cl2. The van der Waals surface area contributed by atoms with Gasteiger partial charge in [0.15, 0.2) is 0 Å². The number of halogens is 2. The van der Waals surface area contributed by atoms with Crippen LogP contribution in [0.2, 0.25) is 10.0 Å². The maximum absolute atomic E-state index is 5.96. The molecule has 1 fully saturated rings. The highest BCUT2D eigenvalue weighted by Crippen LogP contribution is 2.51. The molecule has 1 aromatic rings. The molecule has 0 amide bonds. The second kappa shape index (κ2) is 3.18. The van der Waals surface area contributed by atoms with Crippen molar-refractivity contribution in [3.8, 4) is 0 Å². The maximum atomic E-state index is 5.96. The summed E-state index contributed by atoms with van der Waals surface area (Å²) >= 11 is 11.9. The Morgan fingerprint density at radius 3 is 2.08 bits per heavy atom. The van der Waals surface area contributed by atoms with Crippen LogP contribution in [0.4, 0.5) is 0 Å². The third kappa shape index (κ3) is 1.70. The van der Waals surface area contributed by atoms with Crippen LogP contribution in [-0.2, 0) is 5.41 Å². The fourth-order valence-electron chi connectivity index (χ4n) is 1.86. The zero-order valence-electron chi connectivity index (χ0n) is 7.61. The minimum absolute atomic E-state index is 0.397. The Bertz CT molecular complexity index is 307. The summed E-state index contributed by atoms with van der Waals surface area (Å²) in [5, 5.41) is 1.50. The zero-order valence-corrected chi connectivity index (χ0v) is 9.12. The van der Waals surface area contributed by atoms with Crippen LogP contribution in [-0.4, -0.2) is 0 Å². The first-order valence-corrected chi connectivity index (χ1v) is 5.38. The molecule has 0 aliphatic heterocycles. The summed E-state index contributed by atoms with van der Waals surface area (Å²) in [5.41, 5.74) is 1.71. The van der Waals surface area contributed by atoms with Crippen molar-refractivity contribution in [2.45, 2.75) is 31.6 Å². The highest BCUT2D eigenvalue weighted by molar-refractivity contribution is 6.34. The zero-order chi connectivity index (χ0) is 9.47. The molecule has 2 rings (SSSR count). The molecule has 70 valence electrons. The van der Waals surface area contributed by atoms with Gasteiger partial charge in [0, 0.05) is 10.0 Å². The third-order valence-electron chi connectivity index (χ3n) is 3.01. The van der Waals surface area contributed by atoms with Crippen molar-refractivity contribution < 1.29 is 0 Å². The fraction of sp³-hybridized carbons (Fsp3) is 0.455. The monoisotopic (exact) mass is 214 g/mol. The second-order valence-electron chi connectivity index (χ2n) is 3.79. The Labute approximate surface area is 88.9 Å². The lowest BCUT2D eigenvalue weighted by Crippen LogP contribution is -2.03. The van der Waals surface area contributed by atoms with Crippen LogP contribution in [0.1, 0.15) is 31.7 Å². The molecule has 2 heteroatoms. The van der Waals surface area contributed by atoms with E-state index in [1.165, 1.54) is 24.8 Å². The van der Waals surface area contributed by atoms with Crippen LogP contribution >= 0.6 is 23.2 Å². The van der Waals surface area contributed by atoms with Gasteiger partial charge < -0.3 is 0 Å². The molecule has 0 bridgehead atoms. The molecule has 0 spiro atoms. The Morgan fingerprint density at radius 2 is 1.69 bits per heavy atom. The van der Waals surface area contributed by atoms with Gasteiger partial charge in [0.05, 0.1) is 0 Å². The molecule has 1 aromatic carbocycles. The summed E-state index contributed by atoms with van der Waals surface area (Å²) < 4.78 is 0. The Kier molecular flexibility index (Phi) is 2.29. The molecule has 0 atom stereocenters. The van der Waals surface area contributed by atoms with Gasteiger partial charge in [-0.1, -0.05) is 30.1 Å². The van der Waals surface area contributed by atoms with E-state index < -0.39 is 0 Å². The summed E-state index contributed by atoms with van der Waals surface area (Å²) in [6.45, 7) is 2.22. The van der Waals surface area contributed by atoms with E-state index in [9.17, 15) is 0 Å². The van der Waals surface area contributed by atoms with Gasteiger partial charge in [-0.25, -0.2) is 0 Å². The first-order chi connectivity index (χ1) is 6.16. The van der Waals surface area contributed by atoms with Crippen LogP contribution in [0.15, 0.2) is 18.2 Å². The molecule has 0 N–H and O–H groups in total. The van der Waals surface area contributed by atoms with Crippen LogP contribution in [0.3, 0.4) is 0 Å². The van der Waals surface area contributed by atoms with Crippen molar-refractivity contribution in [1.82, 2.24) is 0 Å². The van der Waals surface area contributed by atoms with Crippen molar-refractivity contribution in [2.75, 3.05) is 0 Å². The molecule has 0 heterocycles. The lowest BCUT2D eigenvalue weighted by molar-refractivity contribution is 0.664.